The van der Waals surface area contributed by atoms with Crippen LogP contribution in [0.5, 0.6) is 0 Å². The molecule has 19 heavy (non-hydrogen) atoms. The van der Waals surface area contributed by atoms with Crippen LogP contribution in [0.15, 0.2) is 30.3 Å². The molecule has 1 aromatic rings. The molecule has 104 valence electrons. The maximum atomic E-state index is 11.9. The summed E-state index contributed by atoms with van der Waals surface area (Å²) < 4.78 is 5.39. The van der Waals surface area contributed by atoms with E-state index in [1.165, 1.54) is 0 Å². The minimum Gasteiger partial charge on any atom is -0.379 e. The fourth-order valence-electron chi connectivity index (χ4n) is 2.00. The highest BCUT2D eigenvalue weighted by Crippen LogP contribution is 2.07. The van der Waals surface area contributed by atoms with Crippen LogP contribution in [0.2, 0.25) is 0 Å². The average Bonchev–Trinajstić information content (AvgIpc) is 2.47. The van der Waals surface area contributed by atoms with Gasteiger partial charge in [-0.1, -0.05) is 18.2 Å². The van der Waals surface area contributed by atoms with Gasteiger partial charge in [-0.2, -0.15) is 0 Å². The van der Waals surface area contributed by atoms with E-state index >= 15 is 0 Å². The van der Waals surface area contributed by atoms with Crippen molar-refractivity contribution in [2.75, 3.05) is 38.7 Å². The number of ether oxygens (including phenoxy) is 1. The molecule has 1 unspecified atom stereocenters. The Labute approximate surface area is 113 Å². The van der Waals surface area contributed by atoms with E-state index in [1.54, 1.807) is 4.90 Å². The molecular formula is C14H21N3O2. The molecule has 0 aliphatic carbocycles. The first-order valence-electron chi connectivity index (χ1n) is 6.64. The van der Waals surface area contributed by atoms with Gasteiger partial charge in [-0.15, -0.1) is 0 Å². The van der Waals surface area contributed by atoms with E-state index in [-0.39, 0.29) is 6.03 Å². The third kappa shape index (κ3) is 4.54. The van der Waals surface area contributed by atoms with Crippen LogP contribution in [0.25, 0.3) is 0 Å². The molecule has 1 aromatic carbocycles. The van der Waals surface area contributed by atoms with Crippen LogP contribution in [0.3, 0.4) is 0 Å². The van der Waals surface area contributed by atoms with Gasteiger partial charge in [-0.05, 0) is 18.6 Å². The van der Waals surface area contributed by atoms with Gasteiger partial charge in [0.05, 0.1) is 13.2 Å². The lowest BCUT2D eigenvalue weighted by Gasteiger charge is -2.26. The van der Waals surface area contributed by atoms with Crippen LogP contribution in [-0.4, -0.2) is 50.3 Å². The number of benzene rings is 1. The summed E-state index contributed by atoms with van der Waals surface area (Å²) in [4.78, 5) is 13.6. The number of rotatable bonds is 4. The fraction of sp³-hybridized carbons (Fsp3) is 0.500. The van der Waals surface area contributed by atoms with Crippen LogP contribution < -0.4 is 10.6 Å². The topological polar surface area (TPSA) is 53.6 Å². The summed E-state index contributed by atoms with van der Waals surface area (Å²) in [5, 5.41) is 6.24. The minimum absolute atomic E-state index is 0.0806. The van der Waals surface area contributed by atoms with Crippen molar-refractivity contribution in [2.24, 2.45) is 0 Å². The van der Waals surface area contributed by atoms with Crippen molar-refractivity contribution in [3.63, 3.8) is 0 Å². The number of amides is 2. The Balaban J connectivity index is 1.73. The van der Waals surface area contributed by atoms with Gasteiger partial charge in [0.25, 0.3) is 0 Å². The van der Waals surface area contributed by atoms with Gasteiger partial charge in [0, 0.05) is 31.9 Å². The number of carbonyl (C=O) groups is 1. The highest BCUT2D eigenvalue weighted by atomic mass is 16.5. The number of hydrogen-bond acceptors (Lipinski definition) is 3. The standard InChI is InChI=1S/C14H21N3O2/c1-17(9-7-13-11-19-10-8-15-13)14(18)16-12-5-3-2-4-6-12/h2-6,13,15H,7-11H2,1H3,(H,16,18). The second-order valence-corrected chi connectivity index (χ2v) is 4.73. The number of para-hydroxylation sites is 1. The Morgan fingerprint density at radius 1 is 1.47 bits per heavy atom. The maximum Gasteiger partial charge on any atom is 0.321 e. The summed E-state index contributed by atoms with van der Waals surface area (Å²) in [5.74, 6) is 0. The van der Waals surface area contributed by atoms with Crippen molar-refractivity contribution in [1.29, 1.82) is 0 Å². The van der Waals surface area contributed by atoms with E-state index in [0.717, 1.165) is 31.9 Å². The Morgan fingerprint density at radius 2 is 2.26 bits per heavy atom. The highest BCUT2D eigenvalue weighted by Gasteiger charge is 2.15. The third-order valence-electron chi connectivity index (χ3n) is 3.18. The summed E-state index contributed by atoms with van der Waals surface area (Å²) in [5.41, 5.74) is 0.818. The molecule has 0 spiro atoms. The van der Waals surface area contributed by atoms with Gasteiger partial charge < -0.3 is 20.3 Å². The number of carbonyl (C=O) groups excluding carboxylic acids is 1. The molecule has 2 N–H and O–H groups in total. The van der Waals surface area contributed by atoms with Crippen LogP contribution in [-0.2, 0) is 4.74 Å². The summed E-state index contributed by atoms with van der Waals surface area (Å²) in [6.45, 7) is 3.11. The zero-order valence-corrected chi connectivity index (χ0v) is 11.3. The van der Waals surface area contributed by atoms with Gasteiger partial charge in [0.2, 0.25) is 0 Å². The number of anilines is 1. The molecule has 0 bridgehead atoms. The third-order valence-corrected chi connectivity index (χ3v) is 3.18. The summed E-state index contributed by atoms with van der Waals surface area (Å²) in [6.07, 6.45) is 0.901. The van der Waals surface area contributed by atoms with Crippen LogP contribution in [0.1, 0.15) is 6.42 Å². The number of nitrogens with one attached hydrogen (secondary N) is 2. The normalized spacial score (nSPS) is 18.9. The molecule has 2 amide bonds. The predicted octanol–water partition coefficient (Wildman–Crippen LogP) is 1.53. The predicted molar refractivity (Wildman–Crippen MR) is 75.3 cm³/mol. The van der Waals surface area contributed by atoms with Gasteiger partial charge >= 0.3 is 6.03 Å². The monoisotopic (exact) mass is 263 g/mol. The van der Waals surface area contributed by atoms with Crippen LogP contribution in [0, 0.1) is 0 Å². The lowest BCUT2D eigenvalue weighted by atomic mass is 10.2. The molecule has 1 aliphatic heterocycles. The number of hydrogen-bond donors (Lipinski definition) is 2. The Kier molecular flexibility index (Phi) is 5.18. The fourth-order valence-corrected chi connectivity index (χ4v) is 2.00. The Morgan fingerprint density at radius 3 is 2.95 bits per heavy atom. The molecule has 5 nitrogen and oxygen atoms in total. The van der Waals surface area contributed by atoms with Crippen molar-refractivity contribution in [3.05, 3.63) is 30.3 Å². The Bertz CT molecular complexity index is 391. The first kappa shape index (κ1) is 13.8. The molecule has 1 saturated heterocycles. The van der Waals surface area contributed by atoms with Gasteiger partial charge in [-0.25, -0.2) is 4.79 Å². The summed E-state index contributed by atoms with van der Waals surface area (Å²) >= 11 is 0. The van der Waals surface area contributed by atoms with Gasteiger partial charge in [0.15, 0.2) is 0 Å². The van der Waals surface area contributed by atoms with Crippen molar-refractivity contribution >= 4 is 11.7 Å². The number of morpholine rings is 1. The van der Waals surface area contributed by atoms with Gasteiger partial charge in [-0.3, -0.25) is 0 Å². The first-order valence-corrected chi connectivity index (χ1v) is 6.64. The van der Waals surface area contributed by atoms with Crippen LogP contribution >= 0.6 is 0 Å². The molecule has 5 heteroatoms. The van der Waals surface area contributed by atoms with Crippen LogP contribution in [0.4, 0.5) is 10.5 Å². The van der Waals surface area contributed by atoms with Crippen molar-refractivity contribution in [1.82, 2.24) is 10.2 Å². The van der Waals surface area contributed by atoms with E-state index in [1.807, 2.05) is 37.4 Å². The van der Waals surface area contributed by atoms with E-state index in [0.29, 0.717) is 12.6 Å². The second-order valence-electron chi connectivity index (χ2n) is 4.73. The summed E-state index contributed by atoms with van der Waals surface area (Å²) in [6, 6.07) is 9.75. The largest absolute Gasteiger partial charge is 0.379 e. The quantitative estimate of drug-likeness (QED) is 0.866. The van der Waals surface area contributed by atoms with E-state index in [2.05, 4.69) is 10.6 Å². The SMILES string of the molecule is CN(CCC1COCCN1)C(=O)Nc1ccccc1. The average molecular weight is 263 g/mol. The first-order chi connectivity index (χ1) is 9.25. The zero-order valence-electron chi connectivity index (χ0n) is 11.3. The molecule has 0 radical (unpaired) electrons. The lowest BCUT2D eigenvalue weighted by Crippen LogP contribution is -2.44. The number of urea groups is 1. The second kappa shape index (κ2) is 7.11. The molecule has 2 rings (SSSR count). The molecular weight excluding hydrogens is 242 g/mol. The molecule has 1 atom stereocenters. The Hall–Kier alpha value is -1.59. The minimum atomic E-state index is -0.0806. The number of nitrogens with zero attached hydrogens (tertiary/aromatic N) is 1. The molecule has 0 aromatic heterocycles. The van der Waals surface area contributed by atoms with Gasteiger partial charge in [0.1, 0.15) is 0 Å². The lowest BCUT2D eigenvalue weighted by molar-refractivity contribution is 0.0721. The van der Waals surface area contributed by atoms with E-state index in [4.69, 9.17) is 4.74 Å². The van der Waals surface area contributed by atoms with E-state index in [9.17, 15) is 4.79 Å². The maximum absolute atomic E-state index is 11.9. The zero-order chi connectivity index (χ0) is 13.5. The molecule has 1 heterocycles. The molecule has 1 fully saturated rings. The highest BCUT2D eigenvalue weighted by molar-refractivity contribution is 5.89. The van der Waals surface area contributed by atoms with Crippen molar-refractivity contribution in [2.45, 2.75) is 12.5 Å². The van der Waals surface area contributed by atoms with Crippen molar-refractivity contribution in [3.8, 4) is 0 Å². The molecule has 0 saturated carbocycles. The smallest absolute Gasteiger partial charge is 0.321 e. The molecule has 1 aliphatic rings. The van der Waals surface area contributed by atoms with Crippen molar-refractivity contribution < 1.29 is 9.53 Å². The summed E-state index contributed by atoms with van der Waals surface area (Å²) in [7, 11) is 1.81. The van der Waals surface area contributed by atoms with E-state index < -0.39 is 0 Å².